The van der Waals surface area contributed by atoms with Crippen molar-refractivity contribution in [1.29, 1.82) is 0 Å². The number of hydrogen-bond donors (Lipinski definition) is 1. The lowest BCUT2D eigenvalue weighted by Gasteiger charge is -2.34. The number of aliphatic hydroxyl groups is 1. The van der Waals surface area contributed by atoms with Gasteiger partial charge in [-0.3, -0.25) is 9.69 Å². The second kappa shape index (κ2) is 7.28. The fourth-order valence-electron chi connectivity index (χ4n) is 2.54. The Labute approximate surface area is 124 Å². The van der Waals surface area contributed by atoms with Gasteiger partial charge in [0.05, 0.1) is 20.8 Å². The highest BCUT2D eigenvalue weighted by atomic mass is 16.5. The van der Waals surface area contributed by atoms with Crippen LogP contribution in [-0.4, -0.2) is 74.4 Å². The molecule has 1 aliphatic heterocycles. The van der Waals surface area contributed by atoms with Gasteiger partial charge in [-0.2, -0.15) is 0 Å². The number of hydrogen-bond acceptors (Lipinski definition) is 5. The molecule has 1 aliphatic rings. The molecule has 0 bridgehead atoms. The number of piperazine rings is 1. The number of methoxy groups -OCH3 is 2. The fourth-order valence-corrected chi connectivity index (χ4v) is 2.54. The number of β-amino-alcohol motifs (C(OH)–C–C–N with tert-alkyl or cyclic N) is 1. The molecule has 116 valence electrons. The predicted octanol–water partition coefficient (Wildman–Crippen LogP) is 0.454. The van der Waals surface area contributed by atoms with E-state index in [2.05, 4.69) is 4.90 Å². The molecule has 1 N–H and O–H groups in total. The fraction of sp³-hybridized carbons (Fsp3) is 0.533. The lowest BCUT2D eigenvalue weighted by Crippen LogP contribution is -2.49. The van der Waals surface area contributed by atoms with Gasteiger partial charge in [-0.25, -0.2) is 0 Å². The largest absolute Gasteiger partial charge is 0.496 e. The van der Waals surface area contributed by atoms with E-state index in [9.17, 15) is 4.79 Å². The van der Waals surface area contributed by atoms with Gasteiger partial charge in [0.15, 0.2) is 0 Å². The topological polar surface area (TPSA) is 62.2 Å². The smallest absolute Gasteiger partial charge is 0.261 e. The van der Waals surface area contributed by atoms with Crippen molar-refractivity contribution < 1.29 is 19.4 Å². The Morgan fingerprint density at radius 3 is 2.19 bits per heavy atom. The Morgan fingerprint density at radius 1 is 1.14 bits per heavy atom. The summed E-state index contributed by atoms with van der Waals surface area (Å²) >= 11 is 0. The van der Waals surface area contributed by atoms with Crippen LogP contribution in [0.4, 0.5) is 0 Å². The van der Waals surface area contributed by atoms with Crippen molar-refractivity contribution in [3.05, 3.63) is 23.8 Å². The van der Waals surface area contributed by atoms with Gasteiger partial charge in [-0.05, 0) is 12.1 Å². The molecule has 1 aromatic rings. The molecule has 6 heteroatoms. The van der Waals surface area contributed by atoms with Gasteiger partial charge in [-0.1, -0.05) is 6.07 Å². The number of nitrogens with zero attached hydrogens (tertiary/aromatic N) is 2. The molecule has 1 fully saturated rings. The van der Waals surface area contributed by atoms with E-state index in [1.54, 1.807) is 37.3 Å². The number of ether oxygens (including phenoxy) is 2. The number of amides is 1. The first-order chi connectivity index (χ1) is 10.2. The summed E-state index contributed by atoms with van der Waals surface area (Å²) in [7, 11) is 3.09. The SMILES string of the molecule is COc1cccc(OC)c1C(=O)N1CCN(CCO)CC1. The van der Waals surface area contributed by atoms with E-state index in [-0.39, 0.29) is 12.5 Å². The minimum Gasteiger partial charge on any atom is -0.496 e. The minimum atomic E-state index is -0.0760. The quantitative estimate of drug-likeness (QED) is 0.854. The number of rotatable bonds is 5. The molecule has 0 spiro atoms. The summed E-state index contributed by atoms with van der Waals surface area (Å²) < 4.78 is 10.6. The van der Waals surface area contributed by atoms with Crippen LogP contribution in [0.5, 0.6) is 11.5 Å². The molecule has 1 amide bonds. The predicted molar refractivity (Wildman–Crippen MR) is 79.0 cm³/mol. The maximum Gasteiger partial charge on any atom is 0.261 e. The zero-order valence-electron chi connectivity index (χ0n) is 12.5. The van der Waals surface area contributed by atoms with Crippen molar-refractivity contribution in [2.45, 2.75) is 0 Å². The minimum absolute atomic E-state index is 0.0760. The van der Waals surface area contributed by atoms with Crippen LogP contribution in [0.15, 0.2) is 18.2 Å². The van der Waals surface area contributed by atoms with Crippen LogP contribution in [0, 0.1) is 0 Å². The van der Waals surface area contributed by atoms with Gasteiger partial charge < -0.3 is 19.5 Å². The van der Waals surface area contributed by atoms with Crippen molar-refractivity contribution in [1.82, 2.24) is 9.80 Å². The number of carbonyl (C=O) groups is 1. The van der Waals surface area contributed by atoms with Crippen LogP contribution in [0.25, 0.3) is 0 Å². The highest BCUT2D eigenvalue weighted by molar-refractivity contribution is 5.99. The van der Waals surface area contributed by atoms with Crippen LogP contribution in [0.1, 0.15) is 10.4 Å². The third-order valence-corrected chi connectivity index (χ3v) is 3.72. The molecule has 0 atom stereocenters. The molecular weight excluding hydrogens is 272 g/mol. The summed E-state index contributed by atoms with van der Waals surface area (Å²) in [5, 5.41) is 8.95. The Hall–Kier alpha value is -1.79. The first-order valence-electron chi connectivity index (χ1n) is 7.04. The molecule has 1 heterocycles. The summed E-state index contributed by atoms with van der Waals surface area (Å²) in [6.07, 6.45) is 0. The Balaban J connectivity index is 2.14. The first kappa shape index (κ1) is 15.6. The molecule has 2 rings (SSSR count). The van der Waals surface area contributed by atoms with Crippen molar-refractivity contribution in [3.8, 4) is 11.5 Å². The molecular formula is C15H22N2O4. The van der Waals surface area contributed by atoms with Gasteiger partial charge >= 0.3 is 0 Å². The summed E-state index contributed by atoms with van der Waals surface area (Å²) in [5.41, 5.74) is 0.470. The zero-order valence-corrected chi connectivity index (χ0v) is 12.5. The zero-order chi connectivity index (χ0) is 15.2. The summed E-state index contributed by atoms with van der Waals surface area (Å²) in [6.45, 7) is 3.61. The number of carbonyl (C=O) groups excluding carboxylic acids is 1. The van der Waals surface area contributed by atoms with E-state index in [1.807, 2.05) is 0 Å². The maximum absolute atomic E-state index is 12.7. The van der Waals surface area contributed by atoms with Crippen molar-refractivity contribution in [2.75, 3.05) is 53.6 Å². The third kappa shape index (κ3) is 3.46. The van der Waals surface area contributed by atoms with Gasteiger partial charge in [0, 0.05) is 32.7 Å². The second-order valence-electron chi connectivity index (χ2n) is 4.89. The van der Waals surface area contributed by atoms with Crippen LogP contribution >= 0.6 is 0 Å². The summed E-state index contributed by atoms with van der Waals surface area (Å²) in [5.74, 6) is 0.974. The Morgan fingerprint density at radius 2 is 1.71 bits per heavy atom. The molecule has 0 unspecified atom stereocenters. The first-order valence-corrected chi connectivity index (χ1v) is 7.04. The number of benzene rings is 1. The van der Waals surface area contributed by atoms with Crippen LogP contribution in [-0.2, 0) is 0 Å². The Kier molecular flexibility index (Phi) is 5.41. The number of aliphatic hydroxyl groups excluding tert-OH is 1. The standard InChI is InChI=1S/C15H22N2O4/c1-20-12-4-3-5-13(21-2)14(12)15(19)17-8-6-16(7-9-17)10-11-18/h3-5,18H,6-11H2,1-2H3. The van der Waals surface area contributed by atoms with E-state index < -0.39 is 0 Å². The highest BCUT2D eigenvalue weighted by Gasteiger charge is 2.26. The van der Waals surface area contributed by atoms with Crippen LogP contribution in [0.2, 0.25) is 0 Å². The maximum atomic E-state index is 12.7. The van der Waals surface area contributed by atoms with Crippen molar-refractivity contribution in [3.63, 3.8) is 0 Å². The summed E-state index contributed by atoms with van der Waals surface area (Å²) in [6, 6.07) is 5.32. The van der Waals surface area contributed by atoms with E-state index in [4.69, 9.17) is 14.6 Å². The highest BCUT2D eigenvalue weighted by Crippen LogP contribution is 2.29. The molecule has 0 saturated carbocycles. The van der Waals surface area contributed by atoms with Gasteiger partial charge in [-0.15, -0.1) is 0 Å². The summed E-state index contributed by atoms with van der Waals surface area (Å²) in [4.78, 5) is 16.7. The van der Waals surface area contributed by atoms with Gasteiger partial charge in [0.1, 0.15) is 17.1 Å². The third-order valence-electron chi connectivity index (χ3n) is 3.72. The van der Waals surface area contributed by atoms with E-state index in [1.165, 1.54) is 0 Å². The van der Waals surface area contributed by atoms with Gasteiger partial charge in [0.2, 0.25) is 0 Å². The molecule has 21 heavy (non-hydrogen) atoms. The van der Waals surface area contributed by atoms with E-state index in [0.717, 1.165) is 13.1 Å². The molecule has 1 aromatic carbocycles. The average molecular weight is 294 g/mol. The molecule has 0 aromatic heterocycles. The van der Waals surface area contributed by atoms with Crippen molar-refractivity contribution >= 4 is 5.91 Å². The van der Waals surface area contributed by atoms with E-state index in [0.29, 0.717) is 36.7 Å². The monoisotopic (exact) mass is 294 g/mol. The Bertz CT molecular complexity index is 462. The van der Waals surface area contributed by atoms with Crippen LogP contribution < -0.4 is 9.47 Å². The molecule has 1 saturated heterocycles. The lowest BCUT2D eigenvalue weighted by molar-refractivity contribution is 0.0608. The normalized spacial score (nSPS) is 15.9. The van der Waals surface area contributed by atoms with Crippen LogP contribution in [0.3, 0.4) is 0 Å². The molecule has 6 nitrogen and oxygen atoms in total. The molecule has 0 aliphatic carbocycles. The average Bonchev–Trinajstić information content (AvgIpc) is 2.54. The van der Waals surface area contributed by atoms with Crippen molar-refractivity contribution in [2.24, 2.45) is 0 Å². The van der Waals surface area contributed by atoms with E-state index >= 15 is 0 Å². The lowest BCUT2D eigenvalue weighted by atomic mass is 10.1. The molecule has 0 radical (unpaired) electrons. The van der Waals surface area contributed by atoms with Gasteiger partial charge in [0.25, 0.3) is 5.91 Å². The second-order valence-corrected chi connectivity index (χ2v) is 4.89.